The first kappa shape index (κ1) is 20.8. The Morgan fingerprint density at radius 1 is 0.759 bits per heavy atom. The maximum absolute atomic E-state index is 12.5. The van der Waals surface area contributed by atoms with E-state index < -0.39 is 0 Å². The summed E-state index contributed by atoms with van der Waals surface area (Å²) in [6.07, 6.45) is 1.94. The fourth-order valence-electron chi connectivity index (χ4n) is 2.55. The largest absolute Gasteiger partial charge is 0.330 e. The van der Waals surface area contributed by atoms with E-state index >= 15 is 0 Å². The quantitative estimate of drug-likeness (QED) is 0.307. The van der Waals surface area contributed by atoms with E-state index in [1.807, 2.05) is 66.9 Å². The number of Topliss-reactive ketones (excluding diaryl/α,β-unsaturated/α-hetero) is 1. The number of hydrogen-bond acceptors (Lipinski definition) is 6. The molecule has 0 fully saturated rings. The Balaban J connectivity index is 1.57. The van der Waals surface area contributed by atoms with Gasteiger partial charge < -0.3 is 14.8 Å². The lowest BCUT2D eigenvalue weighted by Crippen LogP contribution is -2.11. The number of benzene rings is 3. The number of ketones is 1. The summed E-state index contributed by atoms with van der Waals surface area (Å²) in [5.41, 5.74) is 3.83. The van der Waals surface area contributed by atoms with Crippen LogP contribution in [0.5, 0.6) is 0 Å². The van der Waals surface area contributed by atoms with Crippen LogP contribution in [0.15, 0.2) is 77.7 Å². The number of amides is 1. The molecule has 0 aromatic heterocycles. The summed E-state index contributed by atoms with van der Waals surface area (Å²) >= 11 is 2.94. The Kier molecular flexibility index (Phi) is 7.21. The van der Waals surface area contributed by atoms with Crippen molar-refractivity contribution in [1.82, 2.24) is 0 Å². The van der Waals surface area contributed by atoms with Crippen LogP contribution in [0.2, 0.25) is 0 Å². The molecule has 3 aromatic carbocycles. The minimum atomic E-state index is -0.162. The number of nitrogens with one attached hydrogen (secondary N) is 3. The minimum absolute atomic E-state index is 0.0515. The molecule has 3 N–H and O–H groups in total. The second-order valence-electron chi connectivity index (χ2n) is 6.20. The van der Waals surface area contributed by atoms with Gasteiger partial charge in [-0.15, -0.1) is 0 Å². The van der Waals surface area contributed by atoms with Gasteiger partial charge in [0.05, 0.1) is 0 Å². The first-order valence-electron chi connectivity index (χ1n) is 8.89. The third-order valence-electron chi connectivity index (χ3n) is 4.04. The highest BCUT2D eigenvalue weighted by molar-refractivity contribution is 8.00. The van der Waals surface area contributed by atoms with Gasteiger partial charge >= 0.3 is 0 Å². The van der Waals surface area contributed by atoms with Crippen LogP contribution in [0.3, 0.4) is 0 Å². The van der Waals surface area contributed by atoms with Crippen molar-refractivity contribution in [2.45, 2.75) is 11.8 Å². The summed E-state index contributed by atoms with van der Waals surface area (Å²) in [5.74, 6) is -0.110. The van der Waals surface area contributed by atoms with Crippen LogP contribution in [0.1, 0.15) is 27.6 Å². The van der Waals surface area contributed by atoms with Crippen molar-refractivity contribution in [3.8, 4) is 0 Å². The van der Waals surface area contributed by atoms with Crippen LogP contribution in [-0.2, 0) is 0 Å². The summed E-state index contributed by atoms with van der Waals surface area (Å²) in [6, 6.07) is 22.3. The van der Waals surface area contributed by atoms with E-state index in [-0.39, 0.29) is 11.7 Å². The topological polar surface area (TPSA) is 70.2 Å². The average molecular weight is 424 g/mol. The summed E-state index contributed by atoms with van der Waals surface area (Å²) < 4.78 is 6.38. The van der Waals surface area contributed by atoms with E-state index in [9.17, 15) is 9.59 Å². The third kappa shape index (κ3) is 6.04. The number of anilines is 3. The second kappa shape index (κ2) is 10.0. The molecule has 0 radical (unpaired) electrons. The lowest BCUT2D eigenvalue weighted by molar-refractivity contribution is 0.101. The molecule has 5 nitrogen and oxygen atoms in total. The van der Waals surface area contributed by atoms with Crippen molar-refractivity contribution in [3.05, 3.63) is 83.9 Å². The van der Waals surface area contributed by atoms with Crippen molar-refractivity contribution >= 4 is 52.6 Å². The molecule has 0 bridgehead atoms. The number of rotatable bonds is 8. The molecular formula is C22H21N3O2S2. The number of carbonyl (C=O) groups is 2. The van der Waals surface area contributed by atoms with Crippen molar-refractivity contribution in [1.29, 1.82) is 0 Å². The molecule has 7 heteroatoms. The van der Waals surface area contributed by atoms with E-state index in [1.54, 1.807) is 19.1 Å². The molecule has 0 saturated heterocycles. The van der Waals surface area contributed by atoms with Gasteiger partial charge in [-0.1, -0.05) is 30.1 Å². The summed E-state index contributed by atoms with van der Waals surface area (Å²) in [5, 5.41) is 2.91. The zero-order valence-electron chi connectivity index (χ0n) is 16.1. The normalized spacial score (nSPS) is 10.3. The Morgan fingerprint density at radius 3 is 2.07 bits per heavy atom. The molecule has 0 aliphatic rings. The van der Waals surface area contributed by atoms with E-state index in [4.69, 9.17) is 0 Å². The van der Waals surface area contributed by atoms with Crippen LogP contribution in [0, 0.1) is 0 Å². The van der Waals surface area contributed by atoms with Crippen molar-refractivity contribution < 1.29 is 9.59 Å². The van der Waals surface area contributed by atoms with E-state index in [1.165, 1.54) is 23.9 Å². The molecule has 0 heterocycles. The number of hydrogen-bond donors (Lipinski definition) is 3. The molecule has 3 rings (SSSR count). The first-order chi connectivity index (χ1) is 14.0. The van der Waals surface area contributed by atoms with Crippen LogP contribution in [-0.4, -0.2) is 17.9 Å². The molecule has 3 aromatic rings. The first-order valence-corrected chi connectivity index (χ1v) is 10.9. The monoisotopic (exact) mass is 423 g/mol. The summed E-state index contributed by atoms with van der Waals surface area (Å²) in [4.78, 5) is 24.8. The Hall–Kier alpha value is -2.90. The summed E-state index contributed by atoms with van der Waals surface area (Å²) in [7, 11) is 0. The third-order valence-corrected chi connectivity index (χ3v) is 5.32. The van der Waals surface area contributed by atoms with E-state index in [0.29, 0.717) is 11.1 Å². The van der Waals surface area contributed by atoms with Crippen molar-refractivity contribution in [2.75, 3.05) is 21.0 Å². The smallest absolute Gasteiger partial charge is 0.255 e. The Bertz CT molecular complexity index is 990. The lowest BCUT2D eigenvalue weighted by atomic mass is 10.2. The molecule has 1 amide bonds. The minimum Gasteiger partial charge on any atom is -0.330 e. The zero-order valence-corrected chi connectivity index (χ0v) is 17.7. The van der Waals surface area contributed by atoms with Crippen LogP contribution in [0.25, 0.3) is 0 Å². The molecule has 0 unspecified atom stereocenters. The fraction of sp³-hybridized carbons (Fsp3) is 0.0909. The molecule has 148 valence electrons. The predicted molar refractivity (Wildman–Crippen MR) is 124 cm³/mol. The molecular weight excluding hydrogens is 402 g/mol. The highest BCUT2D eigenvalue weighted by Gasteiger charge is 2.07. The predicted octanol–water partition coefficient (Wildman–Crippen LogP) is 5.95. The van der Waals surface area contributed by atoms with Gasteiger partial charge in [0.15, 0.2) is 5.78 Å². The van der Waals surface area contributed by atoms with Gasteiger partial charge in [-0.2, -0.15) is 0 Å². The summed E-state index contributed by atoms with van der Waals surface area (Å²) in [6.45, 7) is 1.55. The molecule has 29 heavy (non-hydrogen) atoms. The van der Waals surface area contributed by atoms with Gasteiger partial charge in [0, 0.05) is 39.3 Å². The lowest BCUT2D eigenvalue weighted by Gasteiger charge is -2.09. The van der Waals surface area contributed by atoms with Gasteiger partial charge in [-0.25, -0.2) is 0 Å². The van der Waals surface area contributed by atoms with Crippen LogP contribution < -0.4 is 14.8 Å². The average Bonchev–Trinajstić information content (AvgIpc) is 2.73. The Morgan fingerprint density at radius 2 is 1.41 bits per heavy atom. The maximum Gasteiger partial charge on any atom is 0.255 e. The second-order valence-corrected chi connectivity index (χ2v) is 7.70. The van der Waals surface area contributed by atoms with E-state index in [0.717, 1.165) is 22.0 Å². The number of carbonyl (C=O) groups excluding carboxylic acids is 2. The highest BCUT2D eigenvalue weighted by Crippen LogP contribution is 2.23. The fourth-order valence-corrected chi connectivity index (χ4v) is 3.55. The van der Waals surface area contributed by atoms with Crippen LogP contribution >= 0.6 is 23.9 Å². The van der Waals surface area contributed by atoms with Gasteiger partial charge in [0.2, 0.25) is 0 Å². The molecule has 0 aliphatic carbocycles. The maximum atomic E-state index is 12.5. The molecule has 0 atom stereocenters. The van der Waals surface area contributed by atoms with E-state index in [2.05, 4.69) is 14.8 Å². The molecule has 0 spiro atoms. The molecule has 0 aliphatic heterocycles. The zero-order chi connectivity index (χ0) is 20.6. The highest BCUT2D eigenvalue weighted by atomic mass is 32.2. The van der Waals surface area contributed by atoms with Gasteiger partial charge in [-0.05, 0) is 73.5 Å². The van der Waals surface area contributed by atoms with Gasteiger partial charge in [-0.3, -0.25) is 9.59 Å². The SMILES string of the molecule is CSNc1cccc(NC(=O)c2ccc(NSc3ccc(C(C)=O)cc3)cc2)c1. The van der Waals surface area contributed by atoms with Gasteiger partial charge in [0.1, 0.15) is 0 Å². The molecule has 0 saturated carbocycles. The van der Waals surface area contributed by atoms with Crippen molar-refractivity contribution in [2.24, 2.45) is 0 Å². The van der Waals surface area contributed by atoms with Crippen LogP contribution in [0.4, 0.5) is 17.1 Å². The van der Waals surface area contributed by atoms with Gasteiger partial charge in [0.25, 0.3) is 5.91 Å². The standard InChI is InChI=1S/C22H21N3O2S2/c1-15(26)16-8-12-21(13-9-16)29-25-18-10-6-17(7-11-18)22(27)23-19-4-3-5-20(14-19)24-28-2/h3-14,24-25H,1-2H3,(H,23,27). The van der Waals surface area contributed by atoms with Crippen molar-refractivity contribution in [3.63, 3.8) is 0 Å². The Labute approximate surface area is 178 Å².